The largest absolute Gasteiger partial charge is 0.325 e. The molecule has 1 heterocycles. The number of rotatable bonds is 6. The summed E-state index contributed by atoms with van der Waals surface area (Å²) < 4.78 is 0. The van der Waals surface area contributed by atoms with Crippen LogP contribution in [0.5, 0.6) is 0 Å². The first-order valence-corrected chi connectivity index (χ1v) is 9.56. The monoisotopic (exact) mass is 380 g/mol. The summed E-state index contributed by atoms with van der Waals surface area (Å²) in [6.07, 6.45) is 0. The molecule has 0 aliphatic heterocycles. The van der Waals surface area contributed by atoms with Gasteiger partial charge in [-0.2, -0.15) is 0 Å². The lowest BCUT2D eigenvalue weighted by Crippen LogP contribution is -2.17. The van der Waals surface area contributed by atoms with Gasteiger partial charge in [0, 0.05) is 11.3 Å². The Balaban J connectivity index is 1.59. The number of nitrogens with zero attached hydrogens (tertiary/aromatic N) is 2. The first kappa shape index (κ1) is 18.8. The minimum Gasteiger partial charge on any atom is -0.325 e. The van der Waals surface area contributed by atoms with E-state index in [4.69, 9.17) is 0 Å². The van der Waals surface area contributed by atoms with Crippen LogP contribution in [0.1, 0.15) is 25.3 Å². The van der Waals surface area contributed by atoms with Gasteiger partial charge in [-0.25, -0.2) is 0 Å². The number of hydrogen-bond donors (Lipinski definition) is 2. The van der Waals surface area contributed by atoms with Gasteiger partial charge in [-0.1, -0.05) is 68.1 Å². The zero-order valence-electron chi connectivity index (χ0n) is 15.1. The highest BCUT2D eigenvalue weighted by Crippen LogP contribution is 2.18. The van der Waals surface area contributed by atoms with E-state index in [-0.39, 0.29) is 22.9 Å². The molecular weight excluding hydrogens is 360 g/mol. The standard InChI is InChI=1S/C20H20N4O2S/c1-13(2)14-8-10-16(11-9-14)21-17(25)12-27-20-22-19(26)18(23-24-20)15-6-4-3-5-7-15/h3-11,13H,12H2,1-2H3,(H,21,25)(H,22,24,26). The summed E-state index contributed by atoms with van der Waals surface area (Å²) in [7, 11) is 0. The van der Waals surface area contributed by atoms with E-state index in [2.05, 4.69) is 34.3 Å². The third-order valence-electron chi connectivity index (χ3n) is 3.92. The van der Waals surface area contributed by atoms with Crippen LogP contribution < -0.4 is 10.9 Å². The van der Waals surface area contributed by atoms with Crippen LogP contribution in [0.4, 0.5) is 5.69 Å². The van der Waals surface area contributed by atoms with Crippen molar-refractivity contribution in [3.05, 3.63) is 70.5 Å². The summed E-state index contributed by atoms with van der Waals surface area (Å²) >= 11 is 1.13. The average molecular weight is 380 g/mol. The summed E-state index contributed by atoms with van der Waals surface area (Å²) in [6.45, 7) is 4.24. The fraction of sp³-hybridized carbons (Fsp3) is 0.200. The van der Waals surface area contributed by atoms with Gasteiger partial charge in [0.15, 0.2) is 10.9 Å². The Hall–Kier alpha value is -2.93. The Bertz CT molecular complexity index is 969. The summed E-state index contributed by atoms with van der Waals surface area (Å²) in [5.41, 5.74) is 2.58. The van der Waals surface area contributed by atoms with E-state index >= 15 is 0 Å². The number of anilines is 1. The summed E-state index contributed by atoms with van der Waals surface area (Å²) in [6, 6.07) is 16.9. The van der Waals surface area contributed by atoms with Crippen molar-refractivity contribution in [3.63, 3.8) is 0 Å². The molecule has 2 N–H and O–H groups in total. The van der Waals surface area contributed by atoms with E-state index in [1.807, 2.05) is 42.5 Å². The van der Waals surface area contributed by atoms with E-state index in [1.54, 1.807) is 12.1 Å². The number of carbonyl (C=O) groups is 1. The topological polar surface area (TPSA) is 87.7 Å². The number of amides is 1. The zero-order valence-corrected chi connectivity index (χ0v) is 15.9. The van der Waals surface area contributed by atoms with Crippen molar-refractivity contribution >= 4 is 23.4 Å². The average Bonchev–Trinajstić information content (AvgIpc) is 2.67. The van der Waals surface area contributed by atoms with Crippen LogP contribution >= 0.6 is 11.8 Å². The van der Waals surface area contributed by atoms with Crippen molar-refractivity contribution in [2.75, 3.05) is 11.1 Å². The number of carbonyl (C=O) groups excluding carboxylic acids is 1. The molecule has 0 fully saturated rings. The molecule has 0 unspecified atom stereocenters. The molecule has 2 aromatic carbocycles. The van der Waals surface area contributed by atoms with Crippen molar-refractivity contribution in [2.24, 2.45) is 0 Å². The van der Waals surface area contributed by atoms with Gasteiger partial charge in [-0.3, -0.25) is 14.6 Å². The van der Waals surface area contributed by atoms with Gasteiger partial charge < -0.3 is 5.32 Å². The lowest BCUT2D eigenvalue weighted by Gasteiger charge is -2.08. The van der Waals surface area contributed by atoms with Gasteiger partial charge in [-0.15, -0.1) is 10.2 Å². The molecule has 138 valence electrons. The van der Waals surface area contributed by atoms with E-state index in [1.165, 1.54) is 5.56 Å². The number of benzene rings is 2. The Morgan fingerprint density at radius 1 is 1.07 bits per heavy atom. The first-order valence-electron chi connectivity index (χ1n) is 8.58. The minimum atomic E-state index is -0.330. The van der Waals surface area contributed by atoms with Crippen LogP contribution in [0.15, 0.2) is 64.5 Å². The highest BCUT2D eigenvalue weighted by atomic mass is 32.2. The third kappa shape index (κ3) is 5.04. The predicted octanol–water partition coefficient (Wildman–Crippen LogP) is 3.69. The fourth-order valence-electron chi connectivity index (χ4n) is 2.45. The van der Waals surface area contributed by atoms with Crippen LogP contribution in [0.3, 0.4) is 0 Å². The zero-order chi connectivity index (χ0) is 19.2. The number of hydrogen-bond acceptors (Lipinski definition) is 5. The molecule has 0 saturated carbocycles. The Kier molecular flexibility index (Phi) is 6.03. The smallest absolute Gasteiger partial charge is 0.278 e. The summed E-state index contributed by atoms with van der Waals surface area (Å²) in [5.74, 6) is 0.396. The molecule has 0 atom stereocenters. The molecule has 1 aromatic heterocycles. The van der Waals surface area contributed by atoms with Crippen molar-refractivity contribution in [1.29, 1.82) is 0 Å². The molecule has 0 aliphatic rings. The van der Waals surface area contributed by atoms with Gasteiger partial charge in [-0.05, 0) is 23.6 Å². The molecule has 3 rings (SSSR count). The molecule has 6 nitrogen and oxygen atoms in total. The van der Waals surface area contributed by atoms with Crippen molar-refractivity contribution in [2.45, 2.75) is 24.9 Å². The molecule has 3 aromatic rings. The molecule has 0 saturated heterocycles. The van der Waals surface area contributed by atoms with E-state index in [0.29, 0.717) is 16.6 Å². The second-order valence-electron chi connectivity index (χ2n) is 6.29. The van der Waals surface area contributed by atoms with E-state index < -0.39 is 0 Å². The molecule has 0 aliphatic carbocycles. The maximum absolute atomic E-state index is 12.2. The maximum Gasteiger partial charge on any atom is 0.278 e. The molecule has 0 bridgehead atoms. The summed E-state index contributed by atoms with van der Waals surface area (Å²) in [5, 5.41) is 11.1. The SMILES string of the molecule is CC(C)c1ccc(NC(=O)CSc2nnc(-c3ccccc3)c(=O)[nH]2)cc1. The fourth-order valence-corrected chi connectivity index (χ4v) is 3.06. The highest BCUT2D eigenvalue weighted by molar-refractivity contribution is 7.99. The van der Waals surface area contributed by atoms with Gasteiger partial charge in [0.1, 0.15) is 0 Å². The quantitative estimate of drug-likeness (QED) is 0.637. The van der Waals surface area contributed by atoms with Crippen LogP contribution in [0, 0.1) is 0 Å². The first-order chi connectivity index (χ1) is 13.0. The summed E-state index contributed by atoms with van der Waals surface area (Å²) in [4.78, 5) is 27.0. The molecule has 0 radical (unpaired) electrons. The van der Waals surface area contributed by atoms with Gasteiger partial charge >= 0.3 is 0 Å². The maximum atomic E-state index is 12.2. The van der Waals surface area contributed by atoms with Gasteiger partial charge in [0.2, 0.25) is 5.91 Å². The number of aromatic nitrogens is 3. The number of H-pyrrole nitrogens is 1. The Morgan fingerprint density at radius 2 is 1.78 bits per heavy atom. The van der Waals surface area contributed by atoms with E-state index in [0.717, 1.165) is 17.4 Å². The van der Waals surface area contributed by atoms with Gasteiger partial charge in [0.25, 0.3) is 5.56 Å². The van der Waals surface area contributed by atoms with Crippen LogP contribution in [0.25, 0.3) is 11.3 Å². The minimum absolute atomic E-state index is 0.126. The number of aromatic amines is 1. The van der Waals surface area contributed by atoms with Gasteiger partial charge in [0.05, 0.1) is 5.75 Å². The molecule has 1 amide bonds. The molecule has 27 heavy (non-hydrogen) atoms. The van der Waals surface area contributed by atoms with Crippen LogP contribution in [-0.2, 0) is 4.79 Å². The normalized spacial score (nSPS) is 10.8. The van der Waals surface area contributed by atoms with E-state index in [9.17, 15) is 9.59 Å². The predicted molar refractivity (Wildman–Crippen MR) is 108 cm³/mol. The molecule has 7 heteroatoms. The highest BCUT2D eigenvalue weighted by Gasteiger charge is 2.10. The van der Waals surface area contributed by atoms with Crippen LogP contribution in [0.2, 0.25) is 0 Å². The third-order valence-corrected chi connectivity index (χ3v) is 4.79. The van der Waals surface area contributed by atoms with Crippen molar-refractivity contribution < 1.29 is 4.79 Å². The second-order valence-corrected chi connectivity index (χ2v) is 7.25. The van der Waals surface area contributed by atoms with Crippen LogP contribution in [-0.4, -0.2) is 26.8 Å². The molecular formula is C20H20N4O2S. The van der Waals surface area contributed by atoms with Crippen molar-refractivity contribution in [3.8, 4) is 11.3 Å². The Morgan fingerprint density at radius 3 is 2.41 bits per heavy atom. The lowest BCUT2D eigenvalue weighted by molar-refractivity contribution is -0.113. The lowest BCUT2D eigenvalue weighted by atomic mass is 10.0. The van der Waals surface area contributed by atoms with Crippen molar-refractivity contribution in [1.82, 2.24) is 15.2 Å². The number of thioether (sulfide) groups is 1. The molecule has 0 spiro atoms. The second kappa shape index (κ2) is 8.64. The Labute approximate surface area is 161 Å². The number of nitrogens with one attached hydrogen (secondary N) is 2.